The Kier molecular flexibility index (Phi) is 6.49. The van der Waals surface area contributed by atoms with Crippen LogP contribution in [0.2, 0.25) is 5.02 Å². The van der Waals surface area contributed by atoms with Crippen LogP contribution in [0.25, 0.3) is 10.8 Å². The van der Waals surface area contributed by atoms with Crippen LogP contribution in [0.1, 0.15) is 22.6 Å². The summed E-state index contributed by atoms with van der Waals surface area (Å²) >= 11 is 6.06. The number of benzene rings is 3. The minimum absolute atomic E-state index is 0.335. The molecule has 1 saturated heterocycles. The zero-order valence-corrected chi connectivity index (χ0v) is 21.4. The van der Waals surface area contributed by atoms with Crippen LogP contribution in [-0.4, -0.2) is 48.9 Å². The fourth-order valence-corrected chi connectivity index (χ4v) is 6.19. The Hall–Kier alpha value is -3.00. The average molecular weight is 507 g/mol. The van der Waals surface area contributed by atoms with Crippen molar-refractivity contribution >= 4 is 38.2 Å². The highest BCUT2D eigenvalue weighted by Gasteiger charge is 2.30. The van der Waals surface area contributed by atoms with Crippen LogP contribution < -0.4 is 4.90 Å². The van der Waals surface area contributed by atoms with Gasteiger partial charge in [0.05, 0.1) is 4.90 Å². The molecule has 1 aromatic heterocycles. The van der Waals surface area contributed by atoms with Gasteiger partial charge >= 0.3 is 0 Å². The number of aromatic nitrogens is 2. The molecule has 0 spiro atoms. The molecule has 0 atom stereocenters. The predicted molar refractivity (Wildman–Crippen MR) is 141 cm³/mol. The van der Waals surface area contributed by atoms with Gasteiger partial charge in [-0.05, 0) is 54.4 Å². The number of rotatable bonds is 5. The van der Waals surface area contributed by atoms with Crippen LogP contribution in [-0.2, 0) is 16.4 Å². The highest BCUT2D eigenvalue weighted by molar-refractivity contribution is 7.89. The number of halogens is 1. The molecule has 6 nitrogen and oxygen atoms in total. The van der Waals surface area contributed by atoms with Crippen molar-refractivity contribution in [2.45, 2.75) is 25.2 Å². The molecule has 4 aromatic rings. The van der Waals surface area contributed by atoms with Crippen LogP contribution in [0.5, 0.6) is 0 Å². The first-order valence-corrected chi connectivity index (χ1v) is 13.5. The third-order valence-electron chi connectivity index (χ3n) is 6.49. The van der Waals surface area contributed by atoms with E-state index in [4.69, 9.17) is 16.6 Å². The number of hydrogen-bond acceptors (Lipinski definition) is 5. The zero-order valence-electron chi connectivity index (χ0n) is 19.8. The molecule has 0 radical (unpaired) electrons. The van der Waals surface area contributed by atoms with Gasteiger partial charge in [-0.2, -0.15) is 4.31 Å². The lowest BCUT2D eigenvalue weighted by Crippen LogP contribution is -2.49. The molecular weight excluding hydrogens is 480 g/mol. The normalized spacial score (nSPS) is 15.0. The van der Waals surface area contributed by atoms with Gasteiger partial charge in [0.15, 0.2) is 0 Å². The maximum absolute atomic E-state index is 13.4. The Balaban J connectivity index is 1.37. The molecule has 3 aromatic carbocycles. The summed E-state index contributed by atoms with van der Waals surface area (Å²) in [5.74, 6) is 1.59. The first kappa shape index (κ1) is 23.7. The minimum Gasteiger partial charge on any atom is -0.354 e. The highest BCUT2D eigenvalue weighted by atomic mass is 35.5. The molecule has 0 unspecified atom stereocenters. The van der Waals surface area contributed by atoms with Crippen LogP contribution in [0.3, 0.4) is 0 Å². The molecule has 180 valence electrons. The molecule has 1 aliphatic heterocycles. The van der Waals surface area contributed by atoms with Crippen molar-refractivity contribution in [2.24, 2.45) is 0 Å². The molecule has 35 heavy (non-hydrogen) atoms. The summed E-state index contributed by atoms with van der Waals surface area (Å²) < 4.78 is 28.4. The van der Waals surface area contributed by atoms with E-state index < -0.39 is 10.0 Å². The largest absolute Gasteiger partial charge is 0.354 e. The van der Waals surface area contributed by atoms with E-state index in [-0.39, 0.29) is 0 Å². The summed E-state index contributed by atoms with van der Waals surface area (Å²) in [5, 5.41) is 2.65. The van der Waals surface area contributed by atoms with E-state index in [1.165, 1.54) is 0 Å². The Bertz CT molecular complexity index is 1480. The van der Waals surface area contributed by atoms with Crippen LogP contribution in [0, 0.1) is 13.8 Å². The van der Waals surface area contributed by atoms with E-state index in [0.29, 0.717) is 48.3 Å². The van der Waals surface area contributed by atoms with E-state index in [2.05, 4.69) is 9.88 Å². The van der Waals surface area contributed by atoms with Gasteiger partial charge in [-0.15, -0.1) is 0 Å². The van der Waals surface area contributed by atoms with Gasteiger partial charge in [0, 0.05) is 48.9 Å². The number of aryl methyl sites for hydroxylation is 2. The maximum atomic E-state index is 13.4. The Labute approximate surface area is 211 Å². The lowest BCUT2D eigenvalue weighted by atomic mass is 10.0. The summed E-state index contributed by atoms with van der Waals surface area (Å²) in [7, 11) is -3.58. The molecule has 1 aliphatic rings. The van der Waals surface area contributed by atoms with Gasteiger partial charge < -0.3 is 4.90 Å². The number of anilines is 1. The quantitative estimate of drug-likeness (QED) is 0.381. The van der Waals surface area contributed by atoms with Gasteiger partial charge in [0.2, 0.25) is 10.0 Å². The van der Waals surface area contributed by atoms with Crippen molar-refractivity contribution in [2.75, 3.05) is 31.1 Å². The molecule has 0 aliphatic carbocycles. The zero-order chi connectivity index (χ0) is 24.6. The second kappa shape index (κ2) is 9.57. The molecule has 2 heterocycles. The predicted octanol–water partition coefficient (Wildman–Crippen LogP) is 5.00. The van der Waals surface area contributed by atoms with E-state index in [1.54, 1.807) is 16.4 Å². The summed E-state index contributed by atoms with van der Waals surface area (Å²) in [6, 6.07) is 20.9. The van der Waals surface area contributed by atoms with Gasteiger partial charge in [0.1, 0.15) is 11.6 Å². The fraction of sp³-hybridized carbons (Fsp3) is 0.259. The third kappa shape index (κ3) is 4.89. The van der Waals surface area contributed by atoms with Gasteiger partial charge in [-0.25, -0.2) is 18.4 Å². The Morgan fingerprint density at radius 2 is 1.54 bits per heavy atom. The monoisotopic (exact) mass is 506 g/mol. The smallest absolute Gasteiger partial charge is 0.243 e. The molecule has 0 bridgehead atoms. The minimum atomic E-state index is -3.58. The van der Waals surface area contributed by atoms with Gasteiger partial charge in [-0.3, -0.25) is 0 Å². The van der Waals surface area contributed by atoms with E-state index in [1.807, 2.05) is 68.4 Å². The van der Waals surface area contributed by atoms with Crippen molar-refractivity contribution in [1.82, 2.24) is 14.3 Å². The van der Waals surface area contributed by atoms with Crippen molar-refractivity contribution in [3.63, 3.8) is 0 Å². The summed E-state index contributed by atoms with van der Waals surface area (Å²) in [6.07, 6.45) is 0.689. The van der Waals surface area contributed by atoms with Crippen molar-refractivity contribution < 1.29 is 8.42 Å². The first-order chi connectivity index (χ1) is 16.8. The molecule has 8 heteroatoms. The van der Waals surface area contributed by atoms with E-state index in [0.717, 1.165) is 33.4 Å². The molecule has 0 amide bonds. The number of piperazine rings is 1. The van der Waals surface area contributed by atoms with E-state index >= 15 is 0 Å². The van der Waals surface area contributed by atoms with Crippen molar-refractivity contribution in [3.05, 3.63) is 94.4 Å². The average Bonchev–Trinajstić information content (AvgIpc) is 2.86. The standard InChI is InChI=1S/C27H27ClN4O2S/c1-19-26(17-21-7-10-24(28)11-8-21)27(30-20(2)29-19)31-13-15-32(16-14-31)35(33,34)25-12-9-22-5-3-4-6-23(22)18-25/h3-12,18H,13-17H2,1-2H3. The highest BCUT2D eigenvalue weighted by Crippen LogP contribution is 2.28. The molecular formula is C27H27ClN4O2S. The number of nitrogens with zero attached hydrogens (tertiary/aromatic N) is 4. The molecule has 5 rings (SSSR count). The third-order valence-corrected chi connectivity index (χ3v) is 8.64. The maximum Gasteiger partial charge on any atom is 0.243 e. The van der Waals surface area contributed by atoms with Gasteiger partial charge in [0.25, 0.3) is 0 Å². The topological polar surface area (TPSA) is 66.4 Å². The molecule has 0 N–H and O–H groups in total. The van der Waals surface area contributed by atoms with Gasteiger partial charge in [-0.1, -0.05) is 54.1 Å². The van der Waals surface area contributed by atoms with Crippen molar-refractivity contribution in [3.8, 4) is 0 Å². The fourth-order valence-electron chi connectivity index (χ4n) is 4.61. The summed E-state index contributed by atoms with van der Waals surface area (Å²) in [6.45, 7) is 5.83. The van der Waals surface area contributed by atoms with Crippen LogP contribution in [0.4, 0.5) is 5.82 Å². The summed E-state index contributed by atoms with van der Waals surface area (Å²) in [5.41, 5.74) is 3.13. The van der Waals surface area contributed by atoms with Crippen molar-refractivity contribution in [1.29, 1.82) is 0 Å². The van der Waals surface area contributed by atoms with Crippen LogP contribution in [0.15, 0.2) is 71.6 Å². The second-order valence-electron chi connectivity index (χ2n) is 8.86. The molecule has 1 fully saturated rings. The number of fused-ring (bicyclic) bond motifs is 1. The van der Waals surface area contributed by atoms with Crippen LogP contribution >= 0.6 is 11.6 Å². The SMILES string of the molecule is Cc1nc(C)c(Cc2ccc(Cl)cc2)c(N2CCN(S(=O)(=O)c3ccc4ccccc4c3)CC2)n1. The summed E-state index contributed by atoms with van der Waals surface area (Å²) in [4.78, 5) is 11.9. The second-order valence-corrected chi connectivity index (χ2v) is 11.2. The molecule has 0 saturated carbocycles. The first-order valence-electron chi connectivity index (χ1n) is 11.6. The lowest BCUT2D eigenvalue weighted by Gasteiger charge is -2.36. The Morgan fingerprint density at radius 1 is 0.857 bits per heavy atom. The number of hydrogen-bond donors (Lipinski definition) is 0. The van der Waals surface area contributed by atoms with E-state index in [9.17, 15) is 8.42 Å². The Morgan fingerprint density at radius 3 is 2.26 bits per heavy atom. The number of sulfonamides is 1. The lowest BCUT2D eigenvalue weighted by molar-refractivity contribution is 0.383.